The van der Waals surface area contributed by atoms with Crippen molar-refractivity contribution in [1.82, 2.24) is 10.6 Å². The van der Waals surface area contributed by atoms with Gasteiger partial charge < -0.3 is 40.2 Å². The van der Waals surface area contributed by atoms with E-state index in [-0.39, 0.29) is 77.1 Å². The van der Waals surface area contributed by atoms with Crippen LogP contribution in [0.2, 0.25) is 0 Å². The number of phenols is 1. The van der Waals surface area contributed by atoms with Crippen LogP contribution in [0.4, 0.5) is 0 Å². The van der Waals surface area contributed by atoms with Crippen molar-refractivity contribution in [1.29, 1.82) is 0 Å². The molecule has 11 heteroatoms. The first-order valence-electron chi connectivity index (χ1n) is 25.8. The number of ether oxygens (including phenoxy) is 3. The number of nitrogens with one attached hydrogen (secondary N) is 2. The second-order valence-corrected chi connectivity index (χ2v) is 22.9. The molecular weight excluding hydrogens is 833 g/mol. The molecule has 354 valence electrons. The molecule has 5 N–H and O–H groups in total. The first kappa shape index (κ1) is 44.5. The van der Waals surface area contributed by atoms with E-state index in [1.165, 1.54) is 6.92 Å². The molecule has 7 bridgehead atoms. The molecule has 1 aromatic carbocycles. The SMILES string of the molecule is CC(=O)O[C@@H]1C[C@@H](C[C@H](C)O)CC#C[C@@H]2C[C@H]3c4c(ccc(O)c4OC[C@H]3C3(CO)CCCC3)[C@@H]2[C@@]23CCN[C@@H](CC#C/C4=C\[C@@H]1[C@H]2OC(=O)[C@]12CCCC[C@@H]1C[C@@]1(CCC[C@@H]41)C(=O)N2)C3. The molecule has 12 rings (SSSR count). The fraction of sp³-hybridized carbons (Fsp3) is 0.727. The molecule has 5 fully saturated rings. The van der Waals surface area contributed by atoms with Gasteiger partial charge in [0.15, 0.2) is 11.5 Å². The summed E-state index contributed by atoms with van der Waals surface area (Å²) in [5.41, 5.74) is -0.0792. The van der Waals surface area contributed by atoms with Crippen LogP contribution in [0.25, 0.3) is 0 Å². The third-order valence-electron chi connectivity index (χ3n) is 19.4. The number of esters is 2. The third-order valence-corrected chi connectivity index (χ3v) is 19.4. The van der Waals surface area contributed by atoms with E-state index in [4.69, 9.17) is 14.2 Å². The number of aliphatic hydroxyl groups is 2. The number of aliphatic hydroxyl groups excluding tert-OH is 2. The average Bonchev–Trinajstić information content (AvgIpc) is 3.95. The van der Waals surface area contributed by atoms with E-state index in [9.17, 15) is 20.1 Å². The number of amides is 1. The number of allylic oxidation sites excluding steroid dienone is 1. The first-order chi connectivity index (χ1) is 31.9. The fourth-order valence-electron chi connectivity index (χ4n) is 16.7. The van der Waals surface area contributed by atoms with E-state index in [2.05, 4.69) is 46.5 Å². The van der Waals surface area contributed by atoms with E-state index in [1.54, 1.807) is 13.0 Å². The van der Waals surface area contributed by atoms with Crippen molar-refractivity contribution in [2.45, 2.75) is 178 Å². The van der Waals surface area contributed by atoms with Crippen molar-refractivity contribution in [3.8, 4) is 35.2 Å². The van der Waals surface area contributed by atoms with Crippen molar-refractivity contribution in [3.05, 3.63) is 34.9 Å². The topological polar surface area (TPSA) is 164 Å². The van der Waals surface area contributed by atoms with Gasteiger partial charge in [-0.2, -0.15) is 0 Å². The maximum Gasteiger partial charge on any atom is 0.332 e. The van der Waals surface area contributed by atoms with Gasteiger partial charge in [0.25, 0.3) is 0 Å². The molecule has 3 spiro atoms. The van der Waals surface area contributed by atoms with Gasteiger partial charge in [-0.05, 0) is 120 Å². The minimum atomic E-state index is -1.18. The maximum absolute atomic E-state index is 16.0. The standard InChI is InChI=1S/C55H70N2O9/c1-32(59)24-34-10-7-12-36-27-40-43(52(31-58)18-5-6-19-52)30-64-48-44(61)17-16-39(46(40)48)47(36)54-22-23-56-38(29-54)14-8-11-35-26-41(45(25-34)65-33(2)60)49(54)66-51(63)55-21-4-3-13-37(55)28-53(50(62)57-55)20-9-15-42(35)53/h16-17,26,32,34,36-38,40-43,45,47,49,56,58-59,61H,3-6,9-10,13-15,18-25,27-31H2,1-2H3,(H,57,62)/b35-26+/t32-,34+,36+,37+,38-,40+,41-,42-,43+,45+,47+,49+,53+,54-,55-/m0/s1. The second-order valence-electron chi connectivity index (χ2n) is 22.9. The quantitative estimate of drug-likeness (QED) is 0.152. The lowest BCUT2D eigenvalue weighted by atomic mass is 9.50. The molecule has 6 aliphatic carbocycles. The molecule has 66 heavy (non-hydrogen) atoms. The van der Waals surface area contributed by atoms with Crippen LogP contribution >= 0.6 is 0 Å². The zero-order valence-corrected chi connectivity index (χ0v) is 39.0. The fourth-order valence-corrected chi connectivity index (χ4v) is 16.7. The highest BCUT2D eigenvalue weighted by atomic mass is 16.6. The zero-order valence-electron chi connectivity index (χ0n) is 39.0. The van der Waals surface area contributed by atoms with Gasteiger partial charge in [-0.25, -0.2) is 4.79 Å². The highest BCUT2D eigenvalue weighted by Crippen LogP contribution is 2.66. The zero-order chi connectivity index (χ0) is 45.6. The summed E-state index contributed by atoms with van der Waals surface area (Å²) in [6, 6.07) is 3.79. The Hall–Kier alpha value is -4.03. The first-order valence-corrected chi connectivity index (χ1v) is 25.8. The van der Waals surface area contributed by atoms with E-state index < -0.39 is 46.6 Å². The van der Waals surface area contributed by atoms with Gasteiger partial charge in [0.1, 0.15) is 17.7 Å². The Morgan fingerprint density at radius 2 is 1.83 bits per heavy atom. The predicted molar refractivity (Wildman–Crippen MR) is 246 cm³/mol. The third kappa shape index (κ3) is 6.97. The number of benzene rings is 1. The van der Waals surface area contributed by atoms with Crippen LogP contribution in [-0.2, 0) is 23.9 Å². The Labute approximate surface area is 390 Å². The van der Waals surface area contributed by atoms with E-state index in [0.717, 1.165) is 80.9 Å². The Morgan fingerprint density at radius 1 is 1.00 bits per heavy atom. The molecule has 0 aromatic heterocycles. The summed E-state index contributed by atoms with van der Waals surface area (Å²) < 4.78 is 20.9. The van der Waals surface area contributed by atoms with Crippen LogP contribution in [0, 0.1) is 75.4 Å². The summed E-state index contributed by atoms with van der Waals surface area (Å²) in [7, 11) is 0. The van der Waals surface area contributed by atoms with Crippen molar-refractivity contribution >= 4 is 17.8 Å². The Bertz CT molecular complexity index is 2300. The number of carbonyl (C=O) groups excluding carboxylic acids is 3. The maximum atomic E-state index is 16.0. The molecule has 1 amide bonds. The van der Waals surface area contributed by atoms with Gasteiger partial charge in [-0.1, -0.05) is 62.0 Å². The monoisotopic (exact) mass is 903 g/mol. The second kappa shape index (κ2) is 16.9. The minimum absolute atomic E-state index is 0.0152. The summed E-state index contributed by atoms with van der Waals surface area (Å²) in [6.07, 6.45) is 13.9. The molecule has 1 aromatic rings. The van der Waals surface area contributed by atoms with E-state index >= 15 is 9.59 Å². The van der Waals surface area contributed by atoms with Gasteiger partial charge in [-0.15, -0.1) is 5.92 Å². The molecular formula is C55H70N2O9. The summed E-state index contributed by atoms with van der Waals surface area (Å²) in [4.78, 5) is 44.6. The largest absolute Gasteiger partial charge is 0.504 e. The molecule has 0 radical (unpaired) electrons. The molecule has 5 heterocycles. The number of fused-ring (bicyclic) bond motifs is 5. The van der Waals surface area contributed by atoms with Crippen LogP contribution in [0.5, 0.6) is 11.5 Å². The van der Waals surface area contributed by atoms with Gasteiger partial charge in [0.05, 0.1) is 24.0 Å². The van der Waals surface area contributed by atoms with Crippen molar-refractivity contribution in [2.24, 2.45) is 51.8 Å². The van der Waals surface area contributed by atoms with Crippen LogP contribution in [-0.4, -0.2) is 82.8 Å². The lowest BCUT2D eigenvalue weighted by molar-refractivity contribution is -0.190. The Kier molecular flexibility index (Phi) is 11.4. The highest BCUT2D eigenvalue weighted by Gasteiger charge is 2.66. The van der Waals surface area contributed by atoms with Gasteiger partial charge in [0, 0.05) is 78.1 Å². The van der Waals surface area contributed by atoms with Gasteiger partial charge in [0.2, 0.25) is 5.91 Å². The van der Waals surface area contributed by atoms with Gasteiger partial charge >= 0.3 is 11.9 Å². The molecule has 0 unspecified atom stereocenters. The molecule has 2 saturated heterocycles. The number of rotatable bonds is 5. The Morgan fingerprint density at radius 3 is 2.64 bits per heavy atom. The van der Waals surface area contributed by atoms with E-state index in [1.807, 2.05) is 0 Å². The summed E-state index contributed by atoms with van der Waals surface area (Å²) in [5, 5.41) is 41.3. The molecule has 3 saturated carbocycles. The van der Waals surface area contributed by atoms with E-state index in [0.29, 0.717) is 76.7 Å². The van der Waals surface area contributed by atoms with Crippen LogP contribution in [0.1, 0.15) is 159 Å². The number of piperidine rings is 2. The molecule has 11 aliphatic rings. The lowest BCUT2D eigenvalue weighted by Gasteiger charge is -2.58. The average molecular weight is 903 g/mol. The number of phenolic OH excluding ortho intramolecular Hbond substituents is 1. The van der Waals surface area contributed by atoms with Crippen molar-refractivity contribution < 1.29 is 43.9 Å². The number of aromatic hydroxyl groups is 1. The number of hydrogen-bond acceptors (Lipinski definition) is 10. The van der Waals surface area contributed by atoms with Crippen LogP contribution in [0.15, 0.2) is 23.8 Å². The smallest absolute Gasteiger partial charge is 0.332 e. The Balaban J connectivity index is 1.20. The molecule has 15 atom stereocenters. The number of carbonyl (C=O) groups is 3. The van der Waals surface area contributed by atoms with Gasteiger partial charge in [-0.3, -0.25) is 9.59 Å². The van der Waals surface area contributed by atoms with Crippen molar-refractivity contribution in [3.63, 3.8) is 0 Å². The minimum Gasteiger partial charge on any atom is -0.504 e. The predicted octanol–water partition coefficient (Wildman–Crippen LogP) is 7.11. The highest BCUT2D eigenvalue weighted by molar-refractivity contribution is 5.94. The van der Waals surface area contributed by atoms with Crippen LogP contribution in [0.3, 0.4) is 0 Å². The summed E-state index contributed by atoms with van der Waals surface area (Å²) in [5.74, 6) is 13.1. The molecule has 5 aliphatic heterocycles. The molecule has 11 nitrogen and oxygen atoms in total. The summed E-state index contributed by atoms with van der Waals surface area (Å²) in [6.45, 7) is 4.37. The van der Waals surface area contributed by atoms with Crippen LogP contribution < -0.4 is 15.4 Å². The summed E-state index contributed by atoms with van der Waals surface area (Å²) >= 11 is 0. The lowest BCUT2D eigenvalue weighted by Crippen LogP contribution is -2.70. The normalized spacial score (nSPS) is 42.9. The van der Waals surface area contributed by atoms with Crippen molar-refractivity contribution in [2.75, 3.05) is 19.8 Å². The number of hydrogen-bond donors (Lipinski definition) is 5.